The second-order valence-electron chi connectivity index (χ2n) is 6.38. The highest BCUT2D eigenvalue weighted by Gasteiger charge is 2.38. The number of hydrogen-bond donors (Lipinski definition) is 1. The lowest BCUT2D eigenvalue weighted by Crippen LogP contribution is -2.35. The van der Waals surface area contributed by atoms with Crippen molar-refractivity contribution in [2.24, 2.45) is 5.92 Å². The minimum atomic E-state index is -1.45. The van der Waals surface area contributed by atoms with Crippen molar-refractivity contribution in [2.45, 2.75) is 38.1 Å². The Kier molecular flexibility index (Phi) is 3.36. The first-order valence-electron chi connectivity index (χ1n) is 7.92. The number of likely N-dealkylation sites (tertiary alicyclic amines) is 1. The molecule has 1 aromatic carbocycles. The van der Waals surface area contributed by atoms with Gasteiger partial charge in [0.2, 0.25) is 0 Å². The van der Waals surface area contributed by atoms with Gasteiger partial charge in [-0.25, -0.2) is 18.2 Å². The van der Waals surface area contributed by atoms with E-state index in [1.54, 1.807) is 0 Å². The Labute approximate surface area is 126 Å². The van der Waals surface area contributed by atoms with Gasteiger partial charge >= 0.3 is 0 Å². The summed E-state index contributed by atoms with van der Waals surface area (Å²) in [5, 5.41) is 0. The van der Waals surface area contributed by atoms with Gasteiger partial charge in [0.1, 0.15) is 11.3 Å². The number of nitrogens with one attached hydrogen (secondary N) is 1. The van der Waals surface area contributed by atoms with Gasteiger partial charge in [0.05, 0.1) is 11.6 Å². The molecule has 2 aromatic rings. The van der Waals surface area contributed by atoms with Crippen molar-refractivity contribution in [3.8, 4) is 0 Å². The molecule has 1 unspecified atom stereocenters. The summed E-state index contributed by atoms with van der Waals surface area (Å²) in [7, 11) is 0. The van der Waals surface area contributed by atoms with Crippen LogP contribution in [0.15, 0.2) is 6.07 Å². The standard InChI is InChI=1S/C16H18F3N3/c17-10-8-11-14(13(19)12(10)18)21-16(20-11)15(9-4-5-9)22-6-2-1-3-7-22/h8-9,15H,1-7H2,(H,20,21). The fourth-order valence-electron chi connectivity index (χ4n) is 3.52. The van der Waals surface area contributed by atoms with Crippen molar-refractivity contribution in [3.63, 3.8) is 0 Å². The van der Waals surface area contributed by atoms with E-state index in [1.165, 1.54) is 6.42 Å². The SMILES string of the molecule is Fc1cc2[nH]c(C(C3CC3)N3CCCCC3)nc2c(F)c1F. The van der Waals surface area contributed by atoms with Gasteiger partial charge in [0.25, 0.3) is 0 Å². The third-order valence-electron chi connectivity index (χ3n) is 4.76. The predicted molar refractivity (Wildman–Crippen MR) is 76.9 cm³/mol. The molecule has 0 bridgehead atoms. The van der Waals surface area contributed by atoms with Crippen LogP contribution in [-0.4, -0.2) is 28.0 Å². The Hall–Kier alpha value is -1.56. The Bertz CT molecular complexity index is 702. The molecule has 2 fully saturated rings. The largest absolute Gasteiger partial charge is 0.340 e. The predicted octanol–water partition coefficient (Wildman–Crippen LogP) is 3.92. The van der Waals surface area contributed by atoms with Crippen molar-refractivity contribution in [1.82, 2.24) is 14.9 Å². The number of piperidine rings is 1. The average molecular weight is 309 g/mol. The molecule has 1 aliphatic heterocycles. The normalized spacial score (nSPS) is 21.4. The topological polar surface area (TPSA) is 31.9 Å². The maximum Gasteiger partial charge on any atom is 0.196 e. The number of benzene rings is 1. The van der Waals surface area contributed by atoms with E-state index in [0.29, 0.717) is 11.7 Å². The Balaban J connectivity index is 1.76. The molecule has 2 aliphatic rings. The van der Waals surface area contributed by atoms with Crippen molar-refractivity contribution in [3.05, 3.63) is 29.3 Å². The van der Waals surface area contributed by atoms with Crippen molar-refractivity contribution in [1.29, 1.82) is 0 Å². The second-order valence-corrected chi connectivity index (χ2v) is 6.38. The first-order valence-corrected chi connectivity index (χ1v) is 7.92. The number of fused-ring (bicyclic) bond motifs is 1. The smallest absolute Gasteiger partial charge is 0.196 e. The number of rotatable bonds is 3. The van der Waals surface area contributed by atoms with E-state index >= 15 is 0 Å². The fourth-order valence-corrected chi connectivity index (χ4v) is 3.52. The van der Waals surface area contributed by atoms with Gasteiger partial charge < -0.3 is 4.98 Å². The first-order chi connectivity index (χ1) is 10.6. The average Bonchev–Trinajstić information content (AvgIpc) is 3.26. The van der Waals surface area contributed by atoms with Gasteiger partial charge in [-0.3, -0.25) is 4.90 Å². The quantitative estimate of drug-likeness (QED) is 0.872. The van der Waals surface area contributed by atoms with Crippen LogP contribution in [0.25, 0.3) is 11.0 Å². The van der Waals surface area contributed by atoms with Crippen molar-refractivity contribution in [2.75, 3.05) is 13.1 Å². The summed E-state index contributed by atoms with van der Waals surface area (Å²) in [6, 6.07) is 1.10. The molecule has 2 heterocycles. The summed E-state index contributed by atoms with van der Waals surface area (Å²) in [6.07, 6.45) is 5.80. The van der Waals surface area contributed by atoms with Gasteiger partial charge in [-0.05, 0) is 44.7 Å². The number of imidazole rings is 1. The molecule has 118 valence electrons. The molecular formula is C16H18F3N3. The minimum Gasteiger partial charge on any atom is -0.340 e. The van der Waals surface area contributed by atoms with Gasteiger partial charge in [0.15, 0.2) is 17.5 Å². The van der Waals surface area contributed by atoms with Crippen LogP contribution in [0.4, 0.5) is 13.2 Å². The third-order valence-corrected chi connectivity index (χ3v) is 4.76. The Morgan fingerprint density at radius 1 is 1.09 bits per heavy atom. The molecule has 1 aromatic heterocycles. The number of halogens is 3. The highest BCUT2D eigenvalue weighted by atomic mass is 19.2. The number of aromatic nitrogens is 2. The highest BCUT2D eigenvalue weighted by Crippen LogP contribution is 2.45. The highest BCUT2D eigenvalue weighted by molar-refractivity contribution is 5.76. The molecule has 4 rings (SSSR count). The summed E-state index contributed by atoms with van der Waals surface area (Å²) >= 11 is 0. The second kappa shape index (κ2) is 5.26. The van der Waals surface area contributed by atoms with Gasteiger partial charge in [-0.2, -0.15) is 0 Å². The van der Waals surface area contributed by atoms with E-state index in [1.807, 2.05) is 0 Å². The van der Waals surface area contributed by atoms with Crippen LogP contribution < -0.4 is 0 Å². The van der Waals surface area contributed by atoms with Gasteiger partial charge in [-0.1, -0.05) is 6.42 Å². The third kappa shape index (κ3) is 2.29. The Morgan fingerprint density at radius 3 is 2.50 bits per heavy atom. The van der Waals surface area contributed by atoms with Gasteiger partial charge in [-0.15, -0.1) is 0 Å². The monoisotopic (exact) mass is 309 g/mol. The summed E-state index contributed by atoms with van der Waals surface area (Å²) in [4.78, 5) is 9.67. The minimum absolute atomic E-state index is 0.100. The molecule has 1 N–H and O–H groups in total. The van der Waals surface area contributed by atoms with E-state index in [4.69, 9.17) is 0 Å². The van der Waals surface area contributed by atoms with Crippen LogP contribution in [0.3, 0.4) is 0 Å². The molecule has 3 nitrogen and oxygen atoms in total. The van der Waals surface area contributed by atoms with Crippen LogP contribution in [0, 0.1) is 23.4 Å². The molecule has 1 atom stereocenters. The zero-order valence-corrected chi connectivity index (χ0v) is 12.2. The summed E-state index contributed by atoms with van der Waals surface area (Å²) in [6.45, 7) is 2.01. The zero-order valence-electron chi connectivity index (χ0n) is 12.2. The molecule has 1 aliphatic carbocycles. The molecule has 22 heavy (non-hydrogen) atoms. The number of aromatic amines is 1. The van der Waals surface area contributed by atoms with Gasteiger partial charge in [0, 0.05) is 6.07 Å². The molecule has 0 spiro atoms. The van der Waals surface area contributed by atoms with E-state index in [9.17, 15) is 13.2 Å². The van der Waals surface area contributed by atoms with Crippen LogP contribution in [0.1, 0.15) is 44.0 Å². The lowest BCUT2D eigenvalue weighted by atomic mass is 10.0. The van der Waals surface area contributed by atoms with Crippen LogP contribution >= 0.6 is 0 Å². The van der Waals surface area contributed by atoms with E-state index in [-0.39, 0.29) is 17.1 Å². The number of hydrogen-bond acceptors (Lipinski definition) is 2. The van der Waals surface area contributed by atoms with E-state index in [2.05, 4.69) is 14.9 Å². The lowest BCUT2D eigenvalue weighted by molar-refractivity contribution is 0.141. The lowest BCUT2D eigenvalue weighted by Gasteiger charge is -2.33. The summed E-state index contributed by atoms with van der Waals surface area (Å²) < 4.78 is 40.6. The van der Waals surface area contributed by atoms with Crippen molar-refractivity contribution < 1.29 is 13.2 Å². The molecule has 0 radical (unpaired) electrons. The van der Waals surface area contributed by atoms with Crippen LogP contribution in [0.2, 0.25) is 0 Å². The Morgan fingerprint density at radius 2 is 1.82 bits per heavy atom. The maximum atomic E-state index is 13.9. The van der Waals surface area contributed by atoms with E-state index in [0.717, 1.165) is 44.8 Å². The molecule has 1 saturated heterocycles. The number of nitrogens with zero attached hydrogens (tertiary/aromatic N) is 2. The number of H-pyrrole nitrogens is 1. The molecular weight excluding hydrogens is 291 g/mol. The zero-order chi connectivity index (χ0) is 15.3. The molecule has 0 amide bonds. The maximum absolute atomic E-state index is 13.9. The van der Waals surface area contributed by atoms with Crippen LogP contribution in [0.5, 0.6) is 0 Å². The summed E-state index contributed by atoms with van der Waals surface area (Å²) in [5.74, 6) is -2.68. The molecule has 1 saturated carbocycles. The first kappa shape index (κ1) is 14.1. The molecule has 6 heteroatoms. The fraction of sp³-hybridized carbons (Fsp3) is 0.562. The van der Waals surface area contributed by atoms with E-state index < -0.39 is 17.5 Å². The van der Waals surface area contributed by atoms with Crippen molar-refractivity contribution >= 4 is 11.0 Å². The summed E-state index contributed by atoms with van der Waals surface area (Å²) in [5.41, 5.74) is 0.130. The van der Waals surface area contributed by atoms with Crippen LogP contribution in [-0.2, 0) is 0 Å².